The number of carboxylic acids is 1. The van der Waals surface area contributed by atoms with E-state index in [0.29, 0.717) is 6.42 Å². The van der Waals surface area contributed by atoms with Crippen LogP contribution in [-0.2, 0) is 14.3 Å². The SMILES string of the molecule is CC(C)C[C@@H](CC(=O)O)N(C)C(=O)[C@@H](NC(=O)OCC1c2ccccc2-c2ccccc21)C(C)C. The number of nitrogens with zero attached hydrogens (tertiary/aromatic N) is 1. The molecule has 2 aromatic rings. The van der Waals surface area contributed by atoms with Gasteiger partial charge in [-0.2, -0.15) is 0 Å². The number of carbonyl (C=O) groups is 3. The Kier molecular flexibility index (Phi) is 8.54. The molecule has 7 nitrogen and oxygen atoms in total. The van der Waals surface area contributed by atoms with Gasteiger partial charge in [-0.3, -0.25) is 9.59 Å². The molecule has 0 spiro atoms. The van der Waals surface area contributed by atoms with E-state index in [2.05, 4.69) is 17.4 Å². The van der Waals surface area contributed by atoms with Gasteiger partial charge in [-0.05, 0) is 40.5 Å². The fraction of sp³-hybridized carbons (Fsp3) is 0.464. The summed E-state index contributed by atoms with van der Waals surface area (Å²) in [5.74, 6) is -1.33. The maximum absolute atomic E-state index is 13.3. The van der Waals surface area contributed by atoms with E-state index in [1.165, 1.54) is 4.90 Å². The van der Waals surface area contributed by atoms with Crippen molar-refractivity contribution in [1.29, 1.82) is 0 Å². The van der Waals surface area contributed by atoms with E-state index in [-0.39, 0.29) is 36.7 Å². The zero-order valence-electron chi connectivity index (χ0n) is 21.2. The highest BCUT2D eigenvalue weighted by molar-refractivity contribution is 5.86. The maximum atomic E-state index is 13.3. The largest absolute Gasteiger partial charge is 0.481 e. The molecule has 1 aliphatic rings. The first-order chi connectivity index (χ1) is 16.6. The molecule has 0 unspecified atom stereocenters. The third kappa shape index (κ3) is 6.21. The van der Waals surface area contributed by atoms with E-state index >= 15 is 0 Å². The molecule has 2 amide bonds. The summed E-state index contributed by atoms with van der Waals surface area (Å²) >= 11 is 0. The van der Waals surface area contributed by atoms with Gasteiger partial charge in [-0.25, -0.2) is 4.79 Å². The number of rotatable bonds is 10. The van der Waals surface area contributed by atoms with Crippen LogP contribution in [0.4, 0.5) is 4.79 Å². The van der Waals surface area contributed by atoms with Crippen molar-refractivity contribution >= 4 is 18.0 Å². The Bertz CT molecular complexity index is 1020. The van der Waals surface area contributed by atoms with E-state index < -0.39 is 24.1 Å². The average Bonchev–Trinajstić information content (AvgIpc) is 3.13. The quantitative estimate of drug-likeness (QED) is 0.504. The van der Waals surface area contributed by atoms with Crippen molar-refractivity contribution in [3.63, 3.8) is 0 Å². The number of nitrogens with one attached hydrogen (secondary N) is 1. The molecule has 0 aromatic heterocycles. The van der Waals surface area contributed by atoms with E-state index in [1.54, 1.807) is 7.05 Å². The highest BCUT2D eigenvalue weighted by atomic mass is 16.5. The van der Waals surface area contributed by atoms with Gasteiger partial charge in [-0.1, -0.05) is 76.2 Å². The second-order valence-corrected chi connectivity index (χ2v) is 10.0. The molecule has 0 radical (unpaired) electrons. The van der Waals surface area contributed by atoms with Crippen molar-refractivity contribution in [2.24, 2.45) is 11.8 Å². The Hall–Kier alpha value is -3.35. The fourth-order valence-electron chi connectivity index (χ4n) is 4.80. The molecule has 2 N–H and O–H groups in total. The van der Waals surface area contributed by atoms with E-state index in [9.17, 15) is 19.5 Å². The summed E-state index contributed by atoms with van der Waals surface area (Å²) in [6.45, 7) is 7.82. The standard InChI is InChI=1S/C28H36N2O5/c1-17(2)14-19(15-25(31)32)30(5)27(33)26(18(3)4)29-28(34)35-16-24-22-12-8-6-10-20(22)21-11-7-9-13-23(21)24/h6-13,17-19,24,26H,14-16H2,1-5H3,(H,29,34)(H,31,32)/t19-,26-/m0/s1. The van der Waals surface area contributed by atoms with Crippen LogP contribution in [-0.4, -0.2) is 53.7 Å². The van der Waals surface area contributed by atoms with Gasteiger partial charge in [0.05, 0.1) is 6.42 Å². The predicted octanol–water partition coefficient (Wildman–Crippen LogP) is 4.90. The van der Waals surface area contributed by atoms with Crippen molar-refractivity contribution in [2.75, 3.05) is 13.7 Å². The predicted molar refractivity (Wildman–Crippen MR) is 135 cm³/mol. The van der Waals surface area contributed by atoms with Crippen LogP contribution in [0.5, 0.6) is 0 Å². The Labute approximate surface area is 207 Å². The van der Waals surface area contributed by atoms with Crippen LogP contribution >= 0.6 is 0 Å². The number of hydrogen-bond acceptors (Lipinski definition) is 4. The smallest absolute Gasteiger partial charge is 0.407 e. The molecule has 0 aliphatic heterocycles. The highest BCUT2D eigenvalue weighted by Gasteiger charge is 2.33. The fourth-order valence-corrected chi connectivity index (χ4v) is 4.80. The van der Waals surface area contributed by atoms with Gasteiger partial charge in [0, 0.05) is 19.0 Å². The Balaban J connectivity index is 1.68. The van der Waals surface area contributed by atoms with Gasteiger partial charge in [0.1, 0.15) is 12.6 Å². The Morgan fingerprint density at radius 2 is 1.51 bits per heavy atom. The van der Waals surface area contributed by atoms with E-state index in [0.717, 1.165) is 22.3 Å². The second kappa shape index (κ2) is 11.4. The zero-order chi connectivity index (χ0) is 25.7. The summed E-state index contributed by atoms with van der Waals surface area (Å²) in [4.78, 5) is 38.9. The monoisotopic (exact) mass is 480 g/mol. The molecule has 0 saturated carbocycles. The van der Waals surface area contributed by atoms with Gasteiger partial charge in [0.2, 0.25) is 5.91 Å². The number of hydrogen-bond donors (Lipinski definition) is 2. The minimum atomic E-state index is -0.958. The summed E-state index contributed by atoms with van der Waals surface area (Å²) in [5.41, 5.74) is 4.51. The first-order valence-electron chi connectivity index (χ1n) is 12.2. The topological polar surface area (TPSA) is 95.9 Å². The van der Waals surface area contributed by atoms with Gasteiger partial charge in [-0.15, -0.1) is 0 Å². The van der Waals surface area contributed by atoms with Crippen LogP contribution in [0.15, 0.2) is 48.5 Å². The average molecular weight is 481 g/mol. The van der Waals surface area contributed by atoms with Crippen LogP contribution in [0.25, 0.3) is 11.1 Å². The molecule has 0 heterocycles. The Morgan fingerprint density at radius 3 is 2.00 bits per heavy atom. The number of benzene rings is 2. The summed E-state index contributed by atoms with van der Waals surface area (Å²) in [5, 5.41) is 12.0. The van der Waals surface area contributed by atoms with Crippen LogP contribution in [0.3, 0.4) is 0 Å². The summed E-state index contributed by atoms with van der Waals surface area (Å²) < 4.78 is 5.62. The number of alkyl carbamates (subject to hydrolysis) is 1. The third-order valence-corrected chi connectivity index (χ3v) is 6.60. The molecule has 188 valence electrons. The molecule has 2 aromatic carbocycles. The summed E-state index contributed by atoms with van der Waals surface area (Å²) in [6.07, 6.45) is -0.244. The molecule has 35 heavy (non-hydrogen) atoms. The van der Waals surface area contributed by atoms with Crippen molar-refractivity contribution in [1.82, 2.24) is 10.2 Å². The van der Waals surface area contributed by atoms with E-state index in [4.69, 9.17) is 4.74 Å². The van der Waals surface area contributed by atoms with Gasteiger partial charge >= 0.3 is 12.1 Å². The second-order valence-electron chi connectivity index (χ2n) is 10.0. The molecule has 7 heteroatoms. The van der Waals surface area contributed by atoms with Crippen LogP contribution < -0.4 is 5.32 Å². The molecular formula is C28H36N2O5. The number of aliphatic carboxylic acids is 1. The molecule has 0 saturated heterocycles. The van der Waals surface area contributed by atoms with Gasteiger partial charge < -0.3 is 20.1 Å². The van der Waals surface area contributed by atoms with Gasteiger partial charge in [0.25, 0.3) is 0 Å². The first kappa shape index (κ1) is 26.3. The lowest BCUT2D eigenvalue weighted by molar-refractivity contribution is -0.141. The lowest BCUT2D eigenvalue weighted by Gasteiger charge is -2.33. The highest BCUT2D eigenvalue weighted by Crippen LogP contribution is 2.44. The number of carbonyl (C=O) groups excluding carboxylic acids is 2. The molecule has 3 rings (SSSR count). The number of carboxylic acid groups (broad SMARTS) is 1. The van der Waals surface area contributed by atoms with Crippen LogP contribution in [0.1, 0.15) is 57.6 Å². The maximum Gasteiger partial charge on any atom is 0.407 e. The number of ether oxygens (including phenoxy) is 1. The minimum Gasteiger partial charge on any atom is -0.481 e. The third-order valence-electron chi connectivity index (χ3n) is 6.60. The van der Waals surface area contributed by atoms with Crippen molar-refractivity contribution in [2.45, 2.75) is 58.5 Å². The number of amides is 2. The molecule has 0 fully saturated rings. The van der Waals surface area contributed by atoms with Crippen molar-refractivity contribution < 1.29 is 24.2 Å². The molecule has 0 bridgehead atoms. The van der Waals surface area contributed by atoms with E-state index in [1.807, 2.05) is 64.1 Å². The van der Waals surface area contributed by atoms with Crippen molar-refractivity contribution in [3.8, 4) is 11.1 Å². The number of fused-ring (bicyclic) bond motifs is 3. The normalized spacial score (nSPS) is 14.3. The molecule has 1 aliphatic carbocycles. The molecular weight excluding hydrogens is 444 g/mol. The van der Waals surface area contributed by atoms with Crippen LogP contribution in [0, 0.1) is 11.8 Å². The zero-order valence-corrected chi connectivity index (χ0v) is 21.2. The van der Waals surface area contributed by atoms with Crippen LogP contribution in [0.2, 0.25) is 0 Å². The van der Waals surface area contributed by atoms with Gasteiger partial charge in [0.15, 0.2) is 0 Å². The number of likely N-dealkylation sites (N-methyl/N-ethyl adjacent to an activating group) is 1. The lowest BCUT2D eigenvalue weighted by Crippen LogP contribution is -2.53. The van der Waals surface area contributed by atoms with Crippen molar-refractivity contribution in [3.05, 3.63) is 59.7 Å². The Morgan fingerprint density at radius 1 is 0.971 bits per heavy atom. The lowest BCUT2D eigenvalue weighted by atomic mass is 9.97. The first-order valence-corrected chi connectivity index (χ1v) is 12.2. The summed E-state index contributed by atoms with van der Waals surface area (Å²) in [7, 11) is 1.60. The molecule has 2 atom stereocenters. The summed E-state index contributed by atoms with van der Waals surface area (Å²) in [6, 6.07) is 14.9. The minimum absolute atomic E-state index is 0.0741.